The molecule has 0 heterocycles. The third-order valence-electron chi connectivity index (χ3n) is 3.64. The first-order chi connectivity index (χ1) is 12.0. The quantitative estimate of drug-likeness (QED) is 0.589. The Morgan fingerprint density at radius 2 is 1.96 bits per heavy atom. The van der Waals surface area contributed by atoms with Crippen LogP contribution in [-0.4, -0.2) is 5.91 Å². The van der Waals surface area contributed by atoms with Crippen molar-refractivity contribution in [1.29, 1.82) is 5.26 Å². The summed E-state index contributed by atoms with van der Waals surface area (Å²) in [7, 11) is 0. The van der Waals surface area contributed by atoms with Gasteiger partial charge in [-0.25, -0.2) is 0 Å². The van der Waals surface area contributed by atoms with E-state index in [9.17, 15) is 10.1 Å². The molecule has 2 rings (SSSR count). The van der Waals surface area contributed by atoms with Crippen LogP contribution in [0, 0.1) is 11.3 Å². The molecule has 2 aromatic carbocycles. The van der Waals surface area contributed by atoms with Crippen LogP contribution in [-0.2, 0) is 11.3 Å². The van der Waals surface area contributed by atoms with Crippen LogP contribution >= 0.6 is 11.6 Å². The summed E-state index contributed by atoms with van der Waals surface area (Å²) < 4.78 is 0. The highest BCUT2D eigenvalue weighted by atomic mass is 35.5. The first-order valence-corrected chi connectivity index (χ1v) is 8.37. The summed E-state index contributed by atoms with van der Waals surface area (Å²) >= 11 is 5.93. The van der Waals surface area contributed by atoms with E-state index in [4.69, 9.17) is 11.6 Å². The number of rotatable bonds is 6. The average molecular weight is 354 g/mol. The molecule has 2 N–H and O–H groups in total. The van der Waals surface area contributed by atoms with Crippen molar-refractivity contribution in [3.63, 3.8) is 0 Å². The molecular weight excluding hydrogens is 334 g/mol. The zero-order valence-electron chi connectivity index (χ0n) is 14.2. The van der Waals surface area contributed by atoms with E-state index < -0.39 is 5.91 Å². The summed E-state index contributed by atoms with van der Waals surface area (Å²) in [6.07, 6.45) is 1.42. The Bertz CT molecular complexity index is 804. The monoisotopic (exact) mass is 353 g/mol. The number of nitriles is 1. The average Bonchev–Trinajstić information content (AvgIpc) is 2.59. The van der Waals surface area contributed by atoms with Crippen LogP contribution in [0.1, 0.15) is 30.9 Å². The van der Waals surface area contributed by atoms with E-state index in [2.05, 4.69) is 24.5 Å². The number of halogens is 1. The number of hydrogen-bond donors (Lipinski definition) is 2. The topological polar surface area (TPSA) is 64.9 Å². The zero-order chi connectivity index (χ0) is 18.2. The summed E-state index contributed by atoms with van der Waals surface area (Å²) in [6, 6.07) is 16.9. The van der Waals surface area contributed by atoms with Crippen molar-refractivity contribution in [3.8, 4) is 6.07 Å². The molecule has 0 saturated carbocycles. The number of carbonyl (C=O) groups is 1. The summed E-state index contributed by atoms with van der Waals surface area (Å²) in [5, 5.41) is 15.5. The van der Waals surface area contributed by atoms with Gasteiger partial charge in [0.05, 0.1) is 0 Å². The lowest BCUT2D eigenvalue weighted by Gasteiger charge is -2.08. The van der Waals surface area contributed by atoms with Crippen LogP contribution in [0.5, 0.6) is 0 Å². The number of benzene rings is 2. The molecule has 0 fully saturated rings. The van der Waals surface area contributed by atoms with Crippen molar-refractivity contribution in [1.82, 2.24) is 5.32 Å². The Balaban J connectivity index is 1.96. The van der Waals surface area contributed by atoms with Crippen molar-refractivity contribution in [3.05, 3.63) is 76.5 Å². The van der Waals surface area contributed by atoms with Crippen LogP contribution in [0.4, 0.5) is 5.69 Å². The van der Waals surface area contributed by atoms with Crippen LogP contribution in [0.15, 0.2) is 60.3 Å². The van der Waals surface area contributed by atoms with Gasteiger partial charge in [0.25, 0.3) is 5.91 Å². The van der Waals surface area contributed by atoms with E-state index in [-0.39, 0.29) is 5.57 Å². The molecule has 1 amide bonds. The second kappa shape index (κ2) is 8.91. The molecule has 0 saturated heterocycles. The summed E-state index contributed by atoms with van der Waals surface area (Å²) in [5.74, 6) is -0.0200. The lowest BCUT2D eigenvalue weighted by atomic mass is 10.0. The number of nitrogens with one attached hydrogen (secondary N) is 2. The van der Waals surface area contributed by atoms with Crippen LogP contribution in [0.3, 0.4) is 0 Å². The summed E-state index contributed by atoms with van der Waals surface area (Å²) in [4.78, 5) is 12.2. The zero-order valence-corrected chi connectivity index (χ0v) is 15.0. The van der Waals surface area contributed by atoms with E-state index in [0.717, 1.165) is 5.56 Å². The van der Waals surface area contributed by atoms with Gasteiger partial charge in [0, 0.05) is 23.5 Å². The second-order valence-electron chi connectivity index (χ2n) is 5.91. The molecule has 25 heavy (non-hydrogen) atoms. The molecule has 0 aromatic heterocycles. The molecular formula is C20H20ClN3O. The molecule has 0 aliphatic heterocycles. The van der Waals surface area contributed by atoms with Gasteiger partial charge in [-0.2, -0.15) is 5.26 Å². The van der Waals surface area contributed by atoms with E-state index in [1.807, 2.05) is 48.5 Å². The Kier molecular flexibility index (Phi) is 6.62. The third kappa shape index (κ3) is 5.66. The van der Waals surface area contributed by atoms with Crippen molar-refractivity contribution >= 4 is 23.2 Å². The Hall–Kier alpha value is -2.77. The SMILES string of the molecule is CC(C)c1ccc(NC(=O)/C(C#N)=C\NCc2cccc(Cl)c2)cc1. The molecule has 0 aliphatic rings. The molecule has 5 heteroatoms. The molecule has 0 radical (unpaired) electrons. The fourth-order valence-electron chi connectivity index (χ4n) is 2.22. The lowest BCUT2D eigenvalue weighted by Crippen LogP contribution is -2.16. The highest BCUT2D eigenvalue weighted by Crippen LogP contribution is 2.17. The van der Waals surface area contributed by atoms with Gasteiger partial charge in [0.15, 0.2) is 0 Å². The minimum Gasteiger partial charge on any atom is -0.386 e. The highest BCUT2D eigenvalue weighted by molar-refractivity contribution is 6.30. The van der Waals surface area contributed by atoms with Gasteiger partial charge < -0.3 is 10.6 Å². The Morgan fingerprint density at radius 1 is 1.24 bits per heavy atom. The van der Waals surface area contributed by atoms with E-state index in [1.165, 1.54) is 11.8 Å². The smallest absolute Gasteiger partial charge is 0.267 e. The maximum Gasteiger partial charge on any atom is 0.267 e. The molecule has 0 atom stereocenters. The predicted octanol–water partition coefficient (Wildman–Crippen LogP) is 4.60. The van der Waals surface area contributed by atoms with Crippen molar-refractivity contribution in [2.24, 2.45) is 0 Å². The maximum atomic E-state index is 12.2. The summed E-state index contributed by atoms with van der Waals surface area (Å²) in [5.41, 5.74) is 2.82. The van der Waals surface area contributed by atoms with Crippen molar-refractivity contribution < 1.29 is 4.79 Å². The standard InChI is InChI=1S/C20H20ClN3O/c1-14(2)16-6-8-19(9-7-16)24-20(25)17(11-22)13-23-12-15-4-3-5-18(21)10-15/h3-10,13-14,23H,12H2,1-2H3,(H,24,25)/b17-13-. The van der Waals surface area contributed by atoms with Gasteiger partial charge in [-0.15, -0.1) is 0 Å². The van der Waals surface area contributed by atoms with E-state index in [0.29, 0.717) is 23.2 Å². The highest BCUT2D eigenvalue weighted by Gasteiger charge is 2.09. The van der Waals surface area contributed by atoms with Gasteiger partial charge in [-0.3, -0.25) is 4.79 Å². The number of nitrogens with zero attached hydrogens (tertiary/aromatic N) is 1. The number of hydrogen-bond acceptors (Lipinski definition) is 3. The maximum absolute atomic E-state index is 12.2. The Morgan fingerprint density at radius 3 is 2.56 bits per heavy atom. The van der Waals surface area contributed by atoms with Crippen LogP contribution in [0.25, 0.3) is 0 Å². The van der Waals surface area contributed by atoms with E-state index >= 15 is 0 Å². The minimum atomic E-state index is -0.446. The van der Waals surface area contributed by atoms with Gasteiger partial charge >= 0.3 is 0 Å². The molecule has 128 valence electrons. The van der Waals surface area contributed by atoms with Gasteiger partial charge in [-0.05, 0) is 41.3 Å². The first-order valence-electron chi connectivity index (χ1n) is 7.99. The van der Waals surface area contributed by atoms with Gasteiger partial charge in [0.1, 0.15) is 11.6 Å². The molecule has 0 bridgehead atoms. The molecule has 4 nitrogen and oxygen atoms in total. The largest absolute Gasteiger partial charge is 0.386 e. The number of carbonyl (C=O) groups excluding carboxylic acids is 1. The fourth-order valence-corrected chi connectivity index (χ4v) is 2.43. The molecule has 0 aliphatic carbocycles. The second-order valence-corrected chi connectivity index (χ2v) is 6.35. The number of anilines is 1. The normalized spacial score (nSPS) is 11.1. The predicted molar refractivity (Wildman–Crippen MR) is 101 cm³/mol. The fraction of sp³-hybridized carbons (Fsp3) is 0.200. The lowest BCUT2D eigenvalue weighted by molar-refractivity contribution is -0.112. The molecule has 0 spiro atoms. The van der Waals surface area contributed by atoms with Gasteiger partial charge in [0.2, 0.25) is 0 Å². The van der Waals surface area contributed by atoms with Gasteiger partial charge in [-0.1, -0.05) is 49.7 Å². The van der Waals surface area contributed by atoms with E-state index in [1.54, 1.807) is 6.07 Å². The minimum absolute atomic E-state index is 0.00923. The Labute approximate surface area is 153 Å². The molecule has 0 unspecified atom stereocenters. The molecule has 2 aromatic rings. The summed E-state index contributed by atoms with van der Waals surface area (Å²) in [6.45, 7) is 4.69. The van der Waals surface area contributed by atoms with Crippen molar-refractivity contribution in [2.75, 3.05) is 5.32 Å². The third-order valence-corrected chi connectivity index (χ3v) is 3.88. The van der Waals surface area contributed by atoms with Crippen molar-refractivity contribution in [2.45, 2.75) is 26.3 Å². The number of amides is 1. The first kappa shape index (κ1) is 18.6. The van der Waals surface area contributed by atoms with Crippen LogP contribution < -0.4 is 10.6 Å². The van der Waals surface area contributed by atoms with Crippen LogP contribution in [0.2, 0.25) is 5.02 Å².